The lowest BCUT2D eigenvalue weighted by molar-refractivity contribution is 0.318. The number of fused-ring (bicyclic) bond motifs is 2. The number of halogens is 1. The van der Waals surface area contributed by atoms with Crippen molar-refractivity contribution in [1.82, 2.24) is 4.90 Å². The van der Waals surface area contributed by atoms with Crippen molar-refractivity contribution in [3.8, 4) is 0 Å². The van der Waals surface area contributed by atoms with Gasteiger partial charge in [0.2, 0.25) is 0 Å². The molecule has 2 aromatic rings. The van der Waals surface area contributed by atoms with Crippen LogP contribution in [0.4, 0.5) is 0 Å². The summed E-state index contributed by atoms with van der Waals surface area (Å²) in [6, 6.07) is 17.6. The largest absolute Gasteiger partial charge is 0.397 e. The molecule has 0 aliphatic carbocycles. The van der Waals surface area contributed by atoms with Gasteiger partial charge in [0.25, 0.3) is 0 Å². The van der Waals surface area contributed by atoms with Crippen LogP contribution in [-0.4, -0.2) is 36.8 Å². The predicted octanol–water partition coefficient (Wildman–Crippen LogP) is 4.96. The highest BCUT2D eigenvalue weighted by Gasteiger charge is 2.23. The van der Waals surface area contributed by atoms with Gasteiger partial charge in [-0.05, 0) is 61.7 Å². The highest BCUT2D eigenvalue weighted by atomic mass is 35.5. The molecule has 25 heavy (non-hydrogen) atoms. The molecule has 2 aliphatic heterocycles. The number of rotatable bonds is 1. The first kappa shape index (κ1) is 20.1. The second-order valence-corrected chi connectivity index (χ2v) is 7.39. The normalized spacial score (nSPS) is 18.4. The maximum absolute atomic E-state index is 7.57. The summed E-state index contributed by atoms with van der Waals surface area (Å²) in [7, 11) is 2.22. The second-order valence-electron chi connectivity index (χ2n) is 6.30. The van der Waals surface area contributed by atoms with E-state index in [1.165, 1.54) is 46.0 Å². The van der Waals surface area contributed by atoms with Crippen LogP contribution in [0, 0.1) is 5.92 Å². The number of nitrogens with zero attached hydrogens (tertiary/aromatic N) is 1. The minimum atomic E-state index is 0. The van der Waals surface area contributed by atoms with Crippen molar-refractivity contribution < 1.29 is 5.11 Å². The number of hydrogen-bond acceptors (Lipinski definition) is 3. The summed E-state index contributed by atoms with van der Waals surface area (Å²) in [4.78, 5) is 5.19. The van der Waals surface area contributed by atoms with E-state index >= 15 is 0 Å². The molecule has 2 heterocycles. The third-order valence-corrected chi connectivity index (χ3v) is 5.56. The molecule has 2 nitrogen and oxygen atoms in total. The van der Waals surface area contributed by atoms with E-state index in [-0.39, 0.29) is 19.0 Å². The van der Waals surface area contributed by atoms with Crippen LogP contribution in [-0.2, 0) is 0 Å². The van der Waals surface area contributed by atoms with Crippen LogP contribution in [0.1, 0.15) is 24.5 Å². The van der Waals surface area contributed by atoms with Crippen LogP contribution in [0.3, 0.4) is 0 Å². The first-order valence-electron chi connectivity index (χ1n) is 8.60. The van der Waals surface area contributed by atoms with Gasteiger partial charge in [-0.1, -0.05) is 54.2 Å². The SMILES string of the molecule is CCO.CN1CCC(C=C2c3ccccc3Sc3ccccc32)C1.Cl. The maximum atomic E-state index is 7.57. The molecule has 0 spiro atoms. The molecular weight excluding hydrogens is 350 g/mol. The van der Waals surface area contributed by atoms with Crippen molar-refractivity contribution in [2.75, 3.05) is 26.7 Å². The van der Waals surface area contributed by atoms with E-state index in [4.69, 9.17) is 5.11 Å². The van der Waals surface area contributed by atoms with Crippen LogP contribution in [0.2, 0.25) is 0 Å². The number of benzene rings is 2. The zero-order valence-electron chi connectivity index (χ0n) is 14.8. The van der Waals surface area contributed by atoms with Crippen molar-refractivity contribution in [1.29, 1.82) is 0 Å². The Bertz CT molecular complexity index is 684. The fraction of sp³-hybridized carbons (Fsp3) is 0.333. The van der Waals surface area contributed by atoms with E-state index in [9.17, 15) is 0 Å². The number of aliphatic hydroxyl groups is 1. The Morgan fingerprint density at radius 3 is 2.08 bits per heavy atom. The van der Waals surface area contributed by atoms with E-state index in [0.717, 1.165) is 0 Å². The van der Waals surface area contributed by atoms with Crippen molar-refractivity contribution in [3.63, 3.8) is 0 Å². The maximum Gasteiger partial charge on any atom is 0.0402 e. The lowest BCUT2D eigenvalue weighted by Crippen LogP contribution is -2.13. The zero-order chi connectivity index (χ0) is 16.9. The van der Waals surface area contributed by atoms with E-state index < -0.39 is 0 Å². The monoisotopic (exact) mass is 375 g/mol. The lowest BCUT2D eigenvalue weighted by Gasteiger charge is -2.23. The molecule has 1 fully saturated rings. The molecule has 2 aliphatic rings. The lowest BCUT2D eigenvalue weighted by atomic mass is 9.93. The van der Waals surface area contributed by atoms with Gasteiger partial charge in [0, 0.05) is 22.9 Å². The Morgan fingerprint density at radius 1 is 1.08 bits per heavy atom. The van der Waals surface area contributed by atoms with E-state index in [1.54, 1.807) is 6.92 Å². The van der Waals surface area contributed by atoms with Gasteiger partial charge in [0.05, 0.1) is 0 Å². The fourth-order valence-electron chi connectivity index (χ4n) is 3.34. The summed E-state index contributed by atoms with van der Waals surface area (Å²) in [5.41, 5.74) is 4.23. The van der Waals surface area contributed by atoms with Crippen LogP contribution >= 0.6 is 24.2 Å². The van der Waals surface area contributed by atoms with Crippen molar-refractivity contribution in [2.45, 2.75) is 23.1 Å². The molecule has 4 rings (SSSR count). The molecule has 1 atom stereocenters. The van der Waals surface area contributed by atoms with Gasteiger partial charge in [0.15, 0.2) is 0 Å². The number of likely N-dealkylation sites (tertiary alicyclic amines) is 1. The smallest absolute Gasteiger partial charge is 0.0402 e. The summed E-state index contributed by atoms with van der Waals surface area (Å²) in [5.74, 6) is 0.675. The fourth-order valence-corrected chi connectivity index (χ4v) is 4.45. The first-order valence-corrected chi connectivity index (χ1v) is 9.42. The molecule has 1 unspecified atom stereocenters. The standard InChI is InChI=1S/C19H19NS.C2H6O.ClH/c1-20-11-10-14(13-20)12-17-15-6-2-4-8-18(15)21-19-9-5-3-7-16(17)19;1-2-3;/h2-9,12,14H,10-11,13H2,1H3;3H,2H2,1H3;1H. The number of hydrogen-bond donors (Lipinski definition) is 1. The van der Waals surface area contributed by atoms with Crippen LogP contribution < -0.4 is 0 Å². The van der Waals surface area contributed by atoms with E-state index in [2.05, 4.69) is 66.6 Å². The minimum Gasteiger partial charge on any atom is -0.397 e. The Labute approximate surface area is 161 Å². The van der Waals surface area contributed by atoms with Crippen molar-refractivity contribution in [3.05, 3.63) is 65.7 Å². The third-order valence-electron chi connectivity index (χ3n) is 4.40. The quantitative estimate of drug-likeness (QED) is 0.650. The van der Waals surface area contributed by atoms with Crippen molar-refractivity contribution >= 4 is 29.7 Å². The summed E-state index contributed by atoms with van der Waals surface area (Å²) in [5, 5.41) is 7.57. The molecule has 2 aromatic carbocycles. The zero-order valence-corrected chi connectivity index (χ0v) is 16.4. The molecule has 0 aromatic heterocycles. The Balaban J connectivity index is 0.000000528. The van der Waals surface area contributed by atoms with E-state index in [0.29, 0.717) is 5.92 Å². The summed E-state index contributed by atoms with van der Waals surface area (Å²) < 4.78 is 0. The average molecular weight is 376 g/mol. The minimum absolute atomic E-state index is 0. The molecule has 4 heteroatoms. The number of aliphatic hydroxyl groups excluding tert-OH is 1. The molecule has 1 N–H and O–H groups in total. The Morgan fingerprint density at radius 2 is 1.60 bits per heavy atom. The van der Waals surface area contributed by atoms with Crippen LogP contribution in [0.15, 0.2) is 64.4 Å². The van der Waals surface area contributed by atoms with Gasteiger partial charge in [-0.2, -0.15) is 0 Å². The topological polar surface area (TPSA) is 23.5 Å². The molecule has 0 bridgehead atoms. The highest BCUT2D eigenvalue weighted by molar-refractivity contribution is 7.99. The average Bonchev–Trinajstić information content (AvgIpc) is 3.00. The molecule has 0 amide bonds. The van der Waals surface area contributed by atoms with Crippen molar-refractivity contribution in [2.24, 2.45) is 5.92 Å². The second kappa shape index (κ2) is 9.44. The molecule has 0 saturated carbocycles. The molecular formula is C21H26ClNOS. The summed E-state index contributed by atoms with van der Waals surface area (Å²) in [6.07, 6.45) is 3.79. The highest BCUT2D eigenvalue weighted by Crippen LogP contribution is 2.45. The van der Waals surface area contributed by atoms with Crippen LogP contribution in [0.5, 0.6) is 0 Å². The predicted molar refractivity (Wildman–Crippen MR) is 110 cm³/mol. The molecule has 0 radical (unpaired) electrons. The summed E-state index contributed by atoms with van der Waals surface area (Å²) in [6.45, 7) is 4.33. The molecule has 134 valence electrons. The van der Waals surface area contributed by atoms with Gasteiger partial charge in [-0.3, -0.25) is 0 Å². The van der Waals surface area contributed by atoms with Gasteiger partial charge in [-0.25, -0.2) is 0 Å². The van der Waals surface area contributed by atoms with Gasteiger partial charge in [0.1, 0.15) is 0 Å². The van der Waals surface area contributed by atoms with Gasteiger partial charge < -0.3 is 10.0 Å². The van der Waals surface area contributed by atoms with Gasteiger partial charge >= 0.3 is 0 Å². The molecule has 1 saturated heterocycles. The van der Waals surface area contributed by atoms with Gasteiger partial charge in [-0.15, -0.1) is 12.4 Å². The first-order chi connectivity index (χ1) is 11.7. The van der Waals surface area contributed by atoms with E-state index in [1.807, 2.05) is 11.8 Å². The summed E-state index contributed by atoms with van der Waals surface area (Å²) >= 11 is 1.89. The Kier molecular flexibility index (Phi) is 7.57. The Hall–Kier alpha value is -1.26. The van der Waals surface area contributed by atoms with Crippen LogP contribution in [0.25, 0.3) is 5.57 Å². The third kappa shape index (κ3) is 4.68.